The maximum atomic E-state index is 11.6. The van der Waals surface area contributed by atoms with Crippen molar-refractivity contribution in [3.8, 4) is 5.88 Å². The number of carbonyl (C=O) groups is 1. The average molecular weight is 238 g/mol. The molecule has 0 aliphatic rings. The molecular weight excluding hydrogens is 220 g/mol. The molecule has 94 valence electrons. The van der Waals surface area contributed by atoms with Crippen LogP contribution in [-0.2, 0) is 4.79 Å². The summed E-state index contributed by atoms with van der Waals surface area (Å²) in [5.41, 5.74) is 0.586. The highest BCUT2D eigenvalue weighted by atomic mass is 16.5. The van der Waals surface area contributed by atoms with Crippen LogP contribution in [0.25, 0.3) is 0 Å². The molecular formula is C12H18N2O3. The summed E-state index contributed by atoms with van der Waals surface area (Å²) in [6.07, 6.45) is 3.32. The standard InChI is InChI=1S/C12H18N2O3/c1-2-17-12-10(6-5-8-13-12)14-11(16)7-3-4-9-15/h5-6,8,15H,2-4,7,9H2,1H3,(H,14,16). The van der Waals surface area contributed by atoms with Gasteiger partial charge in [-0.05, 0) is 31.9 Å². The largest absolute Gasteiger partial charge is 0.476 e. The summed E-state index contributed by atoms with van der Waals surface area (Å²) < 4.78 is 5.30. The van der Waals surface area contributed by atoms with E-state index in [0.29, 0.717) is 37.4 Å². The summed E-state index contributed by atoms with van der Waals surface area (Å²) in [4.78, 5) is 15.6. The van der Waals surface area contributed by atoms with Crippen molar-refractivity contribution in [1.82, 2.24) is 4.98 Å². The van der Waals surface area contributed by atoms with Gasteiger partial charge in [-0.2, -0.15) is 0 Å². The van der Waals surface area contributed by atoms with Crippen molar-refractivity contribution in [1.29, 1.82) is 0 Å². The van der Waals surface area contributed by atoms with Gasteiger partial charge < -0.3 is 15.2 Å². The topological polar surface area (TPSA) is 71.5 Å². The fraction of sp³-hybridized carbons (Fsp3) is 0.500. The third-order valence-electron chi connectivity index (χ3n) is 2.14. The maximum Gasteiger partial charge on any atom is 0.237 e. The van der Waals surface area contributed by atoms with Crippen molar-refractivity contribution in [2.24, 2.45) is 0 Å². The van der Waals surface area contributed by atoms with Crippen LogP contribution in [0, 0.1) is 0 Å². The molecule has 0 bridgehead atoms. The second-order valence-corrected chi connectivity index (χ2v) is 3.52. The van der Waals surface area contributed by atoms with Gasteiger partial charge in [0.25, 0.3) is 0 Å². The number of carbonyl (C=O) groups excluding carboxylic acids is 1. The van der Waals surface area contributed by atoms with Gasteiger partial charge in [-0.15, -0.1) is 0 Å². The zero-order valence-electron chi connectivity index (χ0n) is 9.98. The summed E-state index contributed by atoms with van der Waals surface area (Å²) >= 11 is 0. The Bertz CT molecular complexity index is 355. The number of nitrogens with one attached hydrogen (secondary N) is 1. The molecule has 0 saturated carbocycles. The lowest BCUT2D eigenvalue weighted by atomic mass is 10.2. The van der Waals surface area contributed by atoms with E-state index in [2.05, 4.69) is 10.3 Å². The van der Waals surface area contributed by atoms with Gasteiger partial charge in [-0.25, -0.2) is 4.98 Å². The van der Waals surface area contributed by atoms with Crippen molar-refractivity contribution in [2.45, 2.75) is 26.2 Å². The molecule has 0 spiro atoms. The summed E-state index contributed by atoms with van der Waals surface area (Å²) in [6, 6.07) is 3.49. The van der Waals surface area contributed by atoms with Crippen LogP contribution in [0.4, 0.5) is 5.69 Å². The predicted octanol–water partition coefficient (Wildman–Crippen LogP) is 1.58. The third kappa shape index (κ3) is 4.82. The van der Waals surface area contributed by atoms with E-state index in [1.807, 2.05) is 6.92 Å². The Balaban J connectivity index is 2.52. The Labute approximate surface area is 101 Å². The average Bonchev–Trinajstić information content (AvgIpc) is 2.32. The van der Waals surface area contributed by atoms with Crippen LogP contribution in [0.15, 0.2) is 18.3 Å². The molecule has 0 unspecified atom stereocenters. The highest BCUT2D eigenvalue weighted by Crippen LogP contribution is 2.20. The molecule has 17 heavy (non-hydrogen) atoms. The van der Waals surface area contributed by atoms with Crippen LogP contribution >= 0.6 is 0 Å². The molecule has 1 heterocycles. The van der Waals surface area contributed by atoms with Gasteiger partial charge in [0.15, 0.2) is 0 Å². The van der Waals surface area contributed by atoms with E-state index in [1.54, 1.807) is 18.3 Å². The minimum Gasteiger partial charge on any atom is -0.476 e. The molecule has 0 aliphatic heterocycles. The third-order valence-corrected chi connectivity index (χ3v) is 2.14. The number of anilines is 1. The molecule has 0 atom stereocenters. The van der Waals surface area contributed by atoms with Crippen molar-refractivity contribution < 1.29 is 14.6 Å². The Hall–Kier alpha value is -1.62. The number of amides is 1. The van der Waals surface area contributed by atoms with Crippen molar-refractivity contribution in [3.63, 3.8) is 0 Å². The lowest BCUT2D eigenvalue weighted by Crippen LogP contribution is -2.13. The molecule has 0 aromatic carbocycles. The first-order valence-electron chi connectivity index (χ1n) is 5.76. The van der Waals surface area contributed by atoms with Crippen LogP contribution in [0.1, 0.15) is 26.2 Å². The molecule has 1 aromatic heterocycles. The fourth-order valence-corrected chi connectivity index (χ4v) is 1.35. The first kappa shape index (κ1) is 13.4. The first-order valence-corrected chi connectivity index (χ1v) is 5.76. The van der Waals surface area contributed by atoms with Gasteiger partial charge in [0.1, 0.15) is 5.69 Å². The summed E-state index contributed by atoms with van der Waals surface area (Å²) in [6.45, 7) is 2.48. The van der Waals surface area contributed by atoms with Gasteiger partial charge in [0.2, 0.25) is 11.8 Å². The Morgan fingerprint density at radius 2 is 2.35 bits per heavy atom. The maximum absolute atomic E-state index is 11.6. The Morgan fingerprint density at radius 1 is 1.53 bits per heavy atom. The lowest BCUT2D eigenvalue weighted by molar-refractivity contribution is -0.116. The fourth-order valence-electron chi connectivity index (χ4n) is 1.35. The number of hydrogen-bond donors (Lipinski definition) is 2. The zero-order chi connectivity index (χ0) is 12.5. The number of unbranched alkanes of at least 4 members (excludes halogenated alkanes) is 1. The van der Waals surface area contributed by atoms with Crippen molar-refractivity contribution in [3.05, 3.63) is 18.3 Å². The minimum atomic E-state index is -0.0904. The number of rotatable bonds is 7. The van der Waals surface area contributed by atoms with E-state index in [4.69, 9.17) is 9.84 Å². The zero-order valence-corrected chi connectivity index (χ0v) is 9.98. The second kappa shape index (κ2) is 7.62. The molecule has 0 saturated heterocycles. The van der Waals surface area contributed by atoms with E-state index < -0.39 is 0 Å². The molecule has 1 rings (SSSR count). The number of aliphatic hydroxyl groups excluding tert-OH is 1. The summed E-state index contributed by atoms with van der Waals surface area (Å²) in [5.74, 6) is 0.345. The molecule has 1 aromatic rings. The SMILES string of the molecule is CCOc1ncccc1NC(=O)CCCCO. The molecule has 5 heteroatoms. The number of hydrogen-bond acceptors (Lipinski definition) is 4. The molecule has 0 fully saturated rings. The monoisotopic (exact) mass is 238 g/mol. The highest BCUT2D eigenvalue weighted by molar-refractivity contribution is 5.91. The first-order chi connectivity index (χ1) is 8.27. The van der Waals surface area contributed by atoms with Crippen LogP contribution in [-0.4, -0.2) is 29.2 Å². The smallest absolute Gasteiger partial charge is 0.237 e. The lowest BCUT2D eigenvalue weighted by Gasteiger charge is -2.09. The van der Waals surface area contributed by atoms with Gasteiger partial charge in [-0.3, -0.25) is 4.79 Å². The Morgan fingerprint density at radius 3 is 3.06 bits per heavy atom. The second-order valence-electron chi connectivity index (χ2n) is 3.52. The minimum absolute atomic E-state index is 0.0904. The van der Waals surface area contributed by atoms with Gasteiger partial charge in [-0.1, -0.05) is 0 Å². The van der Waals surface area contributed by atoms with Crippen LogP contribution in [0.3, 0.4) is 0 Å². The molecule has 0 aliphatic carbocycles. The number of aliphatic hydroxyl groups is 1. The normalized spacial score (nSPS) is 10.0. The molecule has 5 nitrogen and oxygen atoms in total. The van der Waals surface area contributed by atoms with E-state index in [9.17, 15) is 4.79 Å². The Kier molecular flexibility index (Phi) is 6.03. The van der Waals surface area contributed by atoms with E-state index >= 15 is 0 Å². The number of aromatic nitrogens is 1. The van der Waals surface area contributed by atoms with Crippen LogP contribution < -0.4 is 10.1 Å². The van der Waals surface area contributed by atoms with Crippen molar-refractivity contribution >= 4 is 11.6 Å². The number of pyridine rings is 1. The molecule has 2 N–H and O–H groups in total. The van der Waals surface area contributed by atoms with Crippen LogP contribution in [0.2, 0.25) is 0 Å². The number of nitrogens with zero attached hydrogens (tertiary/aromatic N) is 1. The number of ether oxygens (including phenoxy) is 1. The van der Waals surface area contributed by atoms with E-state index in [-0.39, 0.29) is 12.5 Å². The predicted molar refractivity (Wildman–Crippen MR) is 65.0 cm³/mol. The molecule has 1 amide bonds. The quantitative estimate of drug-likeness (QED) is 0.707. The highest BCUT2D eigenvalue weighted by Gasteiger charge is 2.07. The van der Waals surface area contributed by atoms with Gasteiger partial charge in [0, 0.05) is 19.2 Å². The summed E-state index contributed by atoms with van der Waals surface area (Å²) in [7, 11) is 0. The summed E-state index contributed by atoms with van der Waals surface area (Å²) in [5, 5.41) is 11.4. The van der Waals surface area contributed by atoms with E-state index in [1.165, 1.54) is 0 Å². The van der Waals surface area contributed by atoms with Gasteiger partial charge >= 0.3 is 0 Å². The van der Waals surface area contributed by atoms with Gasteiger partial charge in [0.05, 0.1) is 6.61 Å². The van der Waals surface area contributed by atoms with Crippen molar-refractivity contribution in [2.75, 3.05) is 18.5 Å². The molecule has 0 radical (unpaired) electrons. The van der Waals surface area contributed by atoms with E-state index in [0.717, 1.165) is 0 Å². The van der Waals surface area contributed by atoms with Crippen LogP contribution in [0.5, 0.6) is 5.88 Å².